The molecule has 0 spiro atoms. The Bertz CT molecular complexity index is 509. The van der Waals surface area contributed by atoms with Gasteiger partial charge in [-0.1, -0.05) is 11.6 Å². The molecule has 2 rings (SSSR count). The van der Waals surface area contributed by atoms with Gasteiger partial charge in [0.25, 0.3) is 5.56 Å². The first kappa shape index (κ1) is 14.3. The molecule has 19 heavy (non-hydrogen) atoms. The van der Waals surface area contributed by atoms with E-state index in [-0.39, 0.29) is 12.2 Å². The number of aliphatic hydroxyl groups is 1. The Labute approximate surface area is 117 Å². The first-order chi connectivity index (χ1) is 8.93. The molecule has 1 fully saturated rings. The van der Waals surface area contributed by atoms with Gasteiger partial charge >= 0.3 is 0 Å². The van der Waals surface area contributed by atoms with E-state index in [0.29, 0.717) is 29.6 Å². The van der Waals surface area contributed by atoms with Crippen molar-refractivity contribution in [2.24, 2.45) is 5.92 Å². The van der Waals surface area contributed by atoms with Crippen LogP contribution in [0.15, 0.2) is 11.0 Å². The fourth-order valence-corrected chi connectivity index (χ4v) is 2.11. The second-order valence-corrected chi connectivity index (χ2v) is 6.19. The van der Waals surface area contributed by atoms with Gasteiger partial charge in [-0.2, -0.15) is 5.10 Å². The van der Waals surface area contributed by atoms with Gasteiger partial charge in [-0.15, -0.1) is 0 Å². The Kier molecular flexibility index (Phi) is 4.16. The Morgan fingerprint density at radius 2 is 2.26 bits per heavy atom. The fourth-order valence-electron chi connectivity index (χ4n) is 1.94. The normalized spacial score (nSPS) is 15.6. The third kappa shape index (κ3) is 3.70. The van der Waals surface area contributed by atoms with E-state index in [4.69, 9.17) is 16.7 Å². The minimum atomic E-state index is -0.393. The molecule has 106 valence electrons. The number of aromatic nitrogens is 2. The van der Waals surface area contributed by atoms with Gasteiger partial charge in [-0.3, -0.25) is 4.79 Å². The highest BCUT2D eigenvalue weighted by Crippen LogP contribution is 2.30. The number of halogens is 1. The van der Waals surface area contributed by atoms with Gasteiger partial charge in [-0.25, -0.2) is 4.68 Å². The first-order valence-electron chi connectivity index (χ1n) is 6.57. The van der Waals surface area contributed by atoms with E-state index in [0.717, 1.165) is 12.8 Å². The molecule has 6 heteroatoms. The molecule has 0 saturated heterocycles. The molecule has 1 aliphatic rings. The van der Waals surface area contributed by atoms with E-state index in [1.165, 1.54) is 10.9 Å². The summed E-state index contributed by atoms with van der Waals surface area (Å²) in [5, 5.41) is 16.6. The molecule has 1 aromatic heterocycles. The third-order valence-corrected chi connectivity index (χ3v) is 3.61. The minimum absolute atomic E-state index is 0.0545. The lowest BCUT2D eigenvalue weighted by atomic mass is 10.0. The second-order valence-electron chi connectivity index (χ2n) is 5.78. The number of nitrogens with one attached hydrogen (secondary N) is 1. The molecule has 1 heterocycles. The molecule has 0 bridgehead atoms. The molecule has 0 aromatic carbocycles. The molecule has 1 aliphatic carbocycles. The highest BCUT2D eigenvalue weighted by molar-refractivity contribution is 6.33. The second kappa shape index (κ2) is 5.51. The van der Waals surface area contributed by atoms with Crippen LogP contribution in [-0.2, 0) is 6.54 Å². The molecule has 0 atom stereocenters. The molecule has 0 unspecified atom stereocenters. The summed E-state index contributed by atoms with van der Waals surface area (Å²) in [6.45, 7) is 4.55. The predicted octanol–water partition coefficient (Wildman–Crippen LogP) is 1.88. The van der Waals surface area contributed by atoms with Gasteiger partial charge in [0.15, 0.2) is 0 Å². The Morgan fingerprint density at radius 1 is 1.58 bits per heavy atom. The largest absolute Gasteiger partial charge is 0.396 e. The summed E-state index contributed by atoms with van der Waals surface area (Å²) < 4.78 is 1.47. The van der Waals surface area contributed by atoms with Crippen molar-refractivity contribution in [1.82, 2.24) is 9.78 Å². The molecule has 0 amide bonds. The van der Waals surface area contributed by atoms with Crippen molar-refractivity contribution in [1.29, 1.82) is 0 Å². The van der Waals surface area contributed by atoms with Crippen molar-refractivity contribution in [2.45, 2.75) is 45.2 Å². The zero-order valence-corrected chi connectivity index (χ0v) is 12.1. The van der Waals surface area contributed by atoms with Gasteiger partial charge < -0.3 is 10.4 Å². The Hall–Kier alpha value is -1.07. The van der Waals surface area contributed by atoms with Gasteiger partial charge in [0, 0.05) is 18.7 Å². The highest BCUT2D eigenvalue weighted by Gasteiger charge is 2.25. The summed E-state index contributed by atoms with van der Waals surface area (Å²) in [5.41, 5.74) is -0.211. The molecule has 5 nitrogen and oxygen atoms in total. The average Bonchev–Trinajstić information content (AvgIpc) is 3.12. The van der Waals surface area contributed by atoms with Crippen molar-refractivity contribution < 1.29 is 5.11 Å². The number of hydrogen-bond acceptors (Lipinski definition) is 4. The predicted molar refractivity (Wildman–Crippen MR) is 75.6 cm³/mol. The van der Waals surface area contributed by atoms with Crippen LogP contribution in [0.3, 0.4) is 0 Å². The summed E-state index contributed by atoms with van der Waals surface area (Å²) in [5.74, 6) is 0.574. The molecule has 0 radical (unpaired) electrons. The lowest BCUT2D eigenvalue weighted by Gasteiger charge is -2.27. The zero-order chi connectivity index (χ0) is 14.0. The number of anilines is 1. The molecule has 2 N–H and O–H groups in total. The van der Waals surface area contributed by atoms with Crippen molar-refractivity contribution in [3.63, 3.8) is 0 Å². The Morgan fingerprint density at radius 3 is 2.84 bits per heavy atom. The minimum Gasteiger partial charge on any atom is -0.396 e. The van der Waals surface area contributed by atoms with Crippen LogP contribution in [0.1, 0.15) is 33.1 Å². The molecule has 1 aromatic rings. The van der Waals surface area contributed by atoms with Crippen LogP contribution in [-0.4, -0.2) is 27.0 Å². The van der Waals surface area contributed by atoms with Gasteiger partial charge in [0.2, 0.25) is 0 Å². The first-order valence-corrected chi connectivity index (χ1v) is 6.95. The summed E-state index contributed by atoms with van der Waals surface area (Å²) in [4.78, 5) is 12.3. The van der Waals surface area contributed by atoms with Crippen LogP contribution in [0.2, 0.25) is 5.02 Å². The number of aliphatic hydroxyl groups excluding tert-OH is 1. The summed E-state index contributed by atoms with van der Waals surface area (Å²) >= 11 is 6.06. The van der Waals surface area contributed by atoms with Crippen LogP contribution in [0.4, 0.5) is 5.69 Å². The SMILES string of the molecule is CC(C)(CCO)Nc1c(Cl)cnn(CC2CC2)c1=O. The summed E-state index contributed by atoms with van der Waals surface area (Å²) in [6.07, 6.45) is 4.36. The summed E-state index contributed by atoms with van der Waals surface area (Å²) in [6, 6.07) is 0. The van der Waals surface area contributed by atoms with Crippen molar-refractivity contribution in [3.05, 3.63) is 21.6 Å². The molecule has 1 saturated carbocycles. The van der Waals surface area contributed by atoms with E-state index in [2.05, 4.69) is 10.4 Å². The number of rotatable bonds is 6. The maximum atomic E-state index is 12.3. The van der Waals surface area contributed by atoms with Crippen LogP contribution < -0.4 is 10.9 Å². The van der Waals surface area contributed by atoms with Crippen molar-refractivity contribution in [3.8, 4) is 0 Å². The smallest absolute Gasteiger partial charge is 0.291 e. The van der Waals surface area contributed by atoms with Crippen LogP contribution in [0.25, 0.3) is 0 Å². The van der Waals surface area contributed by atoms with Crippen LogP contribution in [0, 0.1) is 5.92 Å². The van der Waals surface area contributed by atoms with Crippen molar-refractivity contribution in [2.75, 3.05) is 11.9 Å². The van der Waals surface area contributed by atoms with Gasteiger partial charge in [0.1, 0.15) is 5.69 Å². The molecular formula is C13H20ClN3O2. The fraction of sp³-hybridized carbons (Fsp3) is 0.692. The number of nitrogens with zero attached hydrogens (tertiary/aromatic N) is 2. The summed E-state index contributed by atoms with van der Waals surface area (Å²) in [7, 11) is 0. The standard InChI is InChI=1S/C13H20ClN3O2/c1-13(2,5-6-18)16-11-10(14)7-15-17(12(11)19)8-9-3-4-9/h7,9,16,18H,3-6,8H2,1-2H3. The van der Waals surface area contributed by atoms with E-state index in [1.807, 2.05) is 13.8 Å². The zero-order valence-electron chi connectivity index (χ0n) is 11.3. The highest BCUT2D eigenvalue weighted by atomic mass is 35.5. The third-order valence-electron chi connectivity index (χ3n) is 3.33. The maximum Gasteiger partial charge on any atom is 0.291 e. The Balaban J connectivity index is 2.25. The van der Waals surface area contributed by atoms with Crippen LogP contribution in [0.5, 0.6) is 0 Å². The molecule has 0 aliphatic heterocycles. The van der Waals surface area contributed by atoms with Gasteiger partial charge in [0.05, 0.1) is 11.2 Å². The lowest BCUT2D eigenvalue weighted by Crippen LogP contribution is -2.37. The van der Waals surface area contributed by atoms with Crippen molar-refractivity contribution >= 4 is 17.3 Å². The van der Waals surface area contributed by atoms with E-state index in [9.17, 15) is 4.79 Å². The number of hydrogen-bond donors (Lipinski definition) is 2. The van der Waals surface area contributed by atoms with Gasteiger partial charge in [-0.05, 0) is 39.0 Å². The lowest BCUT2D eigenvalue weighted by molar-refractivity contribution is 0.260. The van der Waals surface area contributed by atoms with Crippen LogP contribution >= 0.6 is 11.6 Å². The monoisotopic (exact) mass is 285 g/mol. The molecular weight excluding hydrogens is 266 g/mol. The quantitative estimate of drug-likeness (QED) is 0.837. The van der Waals surface area contributed by atoms with E-state index >= 15 is 0 Å². The van der Waals surface area contributed by atoms with E-state index < -0.39 is 5.54 Å². The average molecular weight is 286 g/mol. The van der Waals surface area contributed by atoms with E-state index in [1.54, 1.807) is 0 Å². The topological polar surface area (TPSA) is 67.2 Å². The maximum absolute atomic E-state index is 12.3.